The van der Waals surface area contributed by atoms with Crippen molar-refractivity contribution in [1.29, 1.82) is 0 Å². The van der Waals surface area contributed by atoms with Gasteiger partial charge < -0.3 is 16.4 Å². The number of hydrogen-bond donors (Lipinski definition) is 2. The fraction of sp³-hybridized carbons (Fsp3) is 0.250. The van der Waals surface area contributed by atoms with E-state index in [0.717, 1.165) is 11.1 Å². The third-order valence-corrected chi connectivity index (χ3v) is 3.94. The highest BCUT2D eigenvalue weighted by molar-refractivity contribution is 6.33. The Labute approximate surface area is 129 Å². The van der Waals surface area contributed by atoms with Crippen LogP contribution in [0, 0.1) is 12.7 Å². The summed E-state index contributed by atoms with van der Waals surface area (Å²) in [6.07, 6.45) is 0. The molecule has 0 aliphatic carbocycles. The minimum Gasteiger partial charge on any atom is -0.397 e. The predicted octanol–water partition coefficient (Wildman–Crippen LogP) is 3.98. The molecular formula is C16H19ClFN3. The molecule has 21 heavy (non-hydrogen) atoms. The molecule has 0 radical (unpaired) electrons. The van der Waals surface area contributed by atoms with Crippen molar-refractivity contribution in [3.05, 3.63) is 52.3 Å². The van der Waals surface area contributed by atoms with Gasteiger partial charge in [-0.25, -0.2) is 4.39 Å². The second-order valence-electron chi connectivity index (χ2n) is 4.97. The maximum Gasteiger partial charge on any atom is 0.169 e. The Bertz CT molecular complexity index is 658. The van der Waals surface area contributed by atoms with Gasteiger partial charge in [0, 0.05) is 13.1 Å². The van der Waals surface area contributed by atoms with Crippen LogP contribution in [0.25, 0.3) is 0 Å². The Morgan fingerprint density at radius 3 is 2.48 bits per heavy atom. The van der Waals surface area contributed by atoms with E-state index in [4.69, 9.17) is 23.1 Å². The molecule has 0 atom stereocenters. The smallest absolute Gasteiger partial charge is 0.169 e. The van der Waals surface area contributed by atoms with Crippen molar-refractivity contribution >= 4 is 28.7 Å². The normalized spacial score (nSPS) is 10.7. The van der Waals surface area contributed by atoms with E-state index in [9.17, 15) is 4.39 Å². The van der Waals surface area contributed by atoms with E-state index < -0.39 is 5.82 Å². The quantitative estimate of drug-likeness (QED) is 0.840. The molecule has 0 spiro atoms. The Morgan fingerprint density at radius 2 is 1.86 bits per heavy atom. The van der Waals surface area contributed by atoms with Crippen LogP contribution in [0.2, 0.25) is 5.02 Å². The average molecular weight is 308 g/mol. The topological polar surface area (TPSA) is 55.3 Å². The number of nitrogen functional groups attached to an aromatic ring is 2. The minimum atomic E-state index is -0.565. The summed E-state index contributed by atoms with van der Waals surface area (Å²) in [5, 5.41) is -0.0811. The Hall–Kier alpha value is -1.94. The third kappa shape index (κ3) is 3.05. The summed E-state index contributed by atoms with van der Waals surface area (Å²) in [5.41, 5.74) is 14.6. The highest BCUT2D eigenvalue weighted by Gasteiger charge is 2.19. The molecule has 2 aromatic carbocycles. The lowest BCUT2D eigenvalue weighted by atomic mass is 10.1. The summed E-state index contributed by atoms with van der Waals surface area (Å²) in [6.45, 7) is 5.14. The molecule has 0 heterocycles. The second-order valence-corrected chi connectivity index (χ2v) is 5.35. The predicted molar refractivity (Wildman–Crippen MR) is 88.1 cm³/mol. The molecule has 2 aromatic rings. The van der Waals surface area contributed by atoms with Crippen LogP contribution in [-0.2, 0) is 6.54 Å². The average Bonchev–Trinajstić information content (AvgIpc) is 2.46. The van der Waals surface area contributed by atoms with E-state index in [2.05, 4.69) is 0 Å². The first-order chi connectivity index (χ1) is 9.95. The summed E-state index contributed by atoms with van der Waals surface area (Å²) < 4.78 is 14.4. The van der Waals surface area contributed by atoms with Crippen LogP contribution < -0.4 is 16.4 Å². The van der Waals surface area contributed by atoms with Gasteiger partial charge in [-0.1, -0.05) is 35.9 Å². The maximum absolute atomic E-state index is 14.4. The van der Waals surface area contributed by atoms with Crippen molar-refractivity contribution in [1.82, 2.24) is 0 Å². The number of anilines is 3. The molecule has 4 N–H and O–H groups in total. The molecule has 0 aliphatic heterocycles. The van der Waals surface area contributed by atoms with Gasteiger partial charge in [0.2, 0.25) is 0 Å². The number of halogens is 2. The van der Waals surface area contributed by atoms with Crippen LogP contribution in [0.1, 0.15) is 18.1 Å². The first kappa shape index (κ1) is 15.4. The van der Waals surface area contributed by atoms with Gasteiger partial charge >= 0.3 is 0 Å². The molecular weight excluding hydrogens is 289 g/mol. The fourth-order valence-corrected chi connectivity index (χ4v) is 2.46. The standard InChI is InChI=1S/C16H19ClFN3/c1-3-21(9-11-7-5-4-6-10(11)2)16-13(20)8-12(19)14(17)15(16)18/h4-8H,3,9,19-20H2,1-2H3. The molecule has 0 amide bonds. The van der Waals surface area contributed by atoms with Crippen LogP contribution in [0.5, 0.6) is 0 Å². The zero-order valence-corrected chi connectivity index (χ0v) is 12.9. The number of nitrogens with zero attached hydrogens (tertiary/aromatic N) is 1. The third-order valence-electron chi connectivity index (χ3n) is 3.56. The van der Waals surface area contributed by atoms with Gasteiger partial charge in [0.25, 0.3) is 0 Å². The number of aryl methyl sites for hydroxylation is 1. The van der Waals surface area contributed by atoms with Gasteiger partial charge in [0.05, 0.1) is 17.1 Å². The lowest BCUT2D eigenvalue weighted by Gasteiger charge is -2.26. The van der Waals surface area contributed by atoms with Crippen molar-refractivity contribution in [2.45, 2.75) is 20.4 Å². The van der Waals surface area contributed by atoms with Crippen molar-refractivity contribution in [3.8, 4) is 0 Å². The molecule has 0 saturated carbocycles. The molecule has 0 fully saturated rings. The molecule has 0 aromatic heterocycles. The number of nitrogens with two attached hydrogens (primary N) is 2. The number of hydrogen-bond acceptors (Lipinski definition) is 3. The van der Waals surface area contributed by atoms with Gasteiger partial charge in [-0.2, -0.15) is 0 Å². The number of rotatable bonds is 4. The van der Waals surface area contributed by atoms with Crippen LogP contribution in [0.15, 0.2) is 30.3 Å². The first-order valence-electron chi connectivity index (χ1n) is 6.78. The largest absolute Gasteiger partial charge is 0.397 e. The van der Waals surface area contributed by atoms with Crippen molar-refractivity contribution in [2.24, 2.45) is 0 Å². The molecule has 0 bridgehead atoms. The molecule has 0 saturated heterocycles. The summed E-state index contributed by atoms with van der Waals surface area (Å²) in [6, 6.07) is 9.49. The summed E-state index contributed by atoms with van der Waals surface area (Å²) in [5.74, 6) is -0.565. The van der Waals surface area contributed by atoms with Gasteiger partial charge in [-0.05, 0) is 31.0 Å². The van der Waals surface area contributed by atoms with Gasteiger partial charge in [-0.3, -0.25) is 0 Å². The summed E-state index contributed by atoms with van der Waals surface area (Å²) >= 11 is 5.91. The van der Waals surface area contributed by atoms with E-state index in [1.807, 2.05) is 43.0 Å². The monoisotopic (exact) mass is 307 g/mol. The minimum absolute atomic E-state index is 0.0811. The number of benzene rings is 2. The van der Waals surface area contributed by atoms with Crippen LogP contribution in [-0.4, -0.2) is 6.54 Å². The van der Waals surface area contributed by atoms with E-state index in [-0.39, 0.29) is 10.7 Å². The molecule has 3 nitrogen and oxygen atoms in total. The lowest BCUT2D eigenvalue weighted by molar-refractivity contribution is 0.619. The first-order valence-corrected chi connectivity index (χ1v) is 7.15. The Balaban J connectivity index is 2.43. The van der Waals surface area contributed by atoms with Gasteiger partial charge in [0.1, 0.15) is 5.02 Å². The maximum atomic E-state index is 14.4. The van der Waals surface area contributed by atoms with E-state index in [1.54, 1.807) is 0 Å². The van der Waals surface area contributed by atoms with Crippen LogP contribution in [0.4, 0.5) is 21.5 Å². The summed E-state index contributed by atoms with van der Waals surface area (Å²) in [4.78, 5) is 1.86. The molecule has 0 aliphatic rings. The summed E-state index contributed by atoms with van der Waals surface area (Å²) in [7, 11) is 0. The Kier molecular flexibility index (Phi) is 4.58. The SMILES string of the molecule is CCN(Cc1ccccc1C)c1c(N)cc(N)c(Cl)c1F. The molecule has 112 valence electrons. The van der Waals surface area contributed by atoms with Gasteiger partial charge in [-0.15, -0.1) is 0 Å². The molecule has 0 unspecified atom stereocenters. The second kappa shape index (κ2) is 6.22. The van der Waals surface area contributed by atoms with Crippen molar-refractivity contribution < 1.29 is 4.39 Å². The van der Waals surface area contributed by atoms with E-state index in [0.29, 0.717) is 24.5 Å². The fourth-order valence-electron chi connectivity index (χ4n) is 2.32. The van der Waals surface area contributed by atoms with Crippen molar-refractivity contribution in [2.75, 3.05) is 22.9 Å². The van der Waals surface area contributed by atoms with E-state index in [1.165, 1.54) is 6.07 Å². The lowest BCUT2D eigenvalue weighted by Crippen LogP contribution is -2.25. The zero-order chi connectivity index (χ0) is 15.6. The highest BCUT2D eigenvalue weighted by atomic mass is 35.5. The van der Waals surface area contributed by atoms with Gasteiger partial charge in [0.15, 0.2) is 5.82 Å². The Morgan fingerprint density at radius 1 is 1.19 bits per heavy atom. The molecule has 2 rings (SSSR count). The van der Waals surface area contributed by atoms with Crippen LogP contribution >= 0.6 is 11.6 Å². The van der Waals surface area contributed by atoms with E-state index >= 15 is 0 Å². The zero-order valence-electron chi connectivity index (χ0n) is 12.2. The van der Waals surface area contributed by atoms with Crippen molar-refractivity contribution in [3.63, 3.8) is 0 Å². The highest BCUT2D eigenvalue weighted by Crippen LogP contribution is 2.36. The van der Waals surface area contributed by atoms with Crippen LogP contribution in [0.3, 0.4) is 0 Å². The molecule has 5 heteroatoms.